The molecule has 5 rings (SSSR count). The van der Waals surface area contributed by atoms with Crippen LogP contribution >= 0.6 is 0 Å². The molecule has 0 aliphatic rings. The van der Waals surface area contributed by atoms with E-state index in [2.05, 4.69) is 47.4 Å². The van der Waals surface area contributed by atoms with Crippen molar-refractivity contribution in [1.82, 2.24) is 4.90 Å². The van der Waals surface area contributed by atoms with Gasteiger partial charge in [-0.25, -0.2) is 4.79 Å². The van der Waals surface area contributed by atoms with Crippen molar-refractivity contribution in [2.45, 2.75) is 45.4 Å². The third-order valence-electron chi connectivity index (χ3n) is 8.49. The van der Waals surface area contributed by atoms with Crippen LogP contribution in [0.1, 0.15) is 51.9 Å². The highest BCUT2D eigenvalue weighted by atomic mass is 16.5. The molecule has 0 aromatic heterocycles. The Bertz CT molecular complexity index is 1800. The number of aromatic carboxylic acids is 1. The average molecular weight is 674 g/mol. The van der Waals surface area contributed by atoms with E-state index < -0.39 is 11.9 Å². The molecular weight excluding hydrogens is 630 g/mol. The minimum Gasteiger partial charge on any atom is -0.497 e. The molecule has 0 radical (unpaired) electrons. The van der Waals surface area contributed by atoms with Crippen molar-refractivity contribution in [3.63, 3.8) is 0 Å². The van der Waals surface area contributed by atoms with Crippen LogP contribution in [-0.2, 0) is 31.0 Å². The van der Waals surface area contributed by atoms with Crippen molar-refractivity contribution in [2.24, 2.45) is 0 Å². The number of unbranched alkanes of at least 4 members (excludes halogenated alkanes) is 1. The van der Waals surface area contributed by atoms with Crippen LogP contribution in [0, 0.1) is 0 Å². The van der Waals surface area contributed by atoms with Gasteiger partial charge >= 0.3 is 11.9 Å². The highest BCUT2D eigenvalue weighted by Crippen LogP contribution is 2.25. The molecule has 5 aromatic rings. The molecule has 0 aliphatic carbocycles. The molecule has 0 saturated heterocycles. The lowest BCUT2D eigenvalue weighted by molar-refractivity contribution is -0.137. The maximum Gasteiger partial charge on any atom is 0.335 e. The molecule has 258 valence electrons. The zero-order valence-corrected chi connectivity index (χ0v) is 28.3. The molecule has 5 aromatic carbocycles. The number of hydrogen-bond donors (Lipinski definition) is 2. The quantitative estimate of drug-likeness (QED) is 0.0841. The van der Waals surface area contributed by atoms with Crippen molar-refractivity contribution in [3.8, 4) is 28.4 Å². The molecule has 2 N–H and O–H groups in total. The average Bonchev–Trinajstić information content (AvgIpc) is 3.15. The molecule has 0 heterocycles. The summed E-state index contributed by atoms with van der Waals surface area (Å²) in [4.78, 5) is 24.6. The van der Waals surface area contributed by atoms with Gasteiger partial charge in [0.2, 0.25) is 0 Å². The molecule has 0 fully saturated rings. The number of benzene rings is 5. The largest absolute Gasteiger partial charge is 0.497 e. The molecule has 0 spiro atoms. The Balaban J connectivity index is 1.14. The monoisotopic (exact) mass is 673 g/mol. The Kier molecular flexibility index (Phi) is 13.0. The number of carboxylic acids is 2. The molecule has 0 bridgehead atoms. The summed E-state index contributed by atoms with van der Waals surface area (Å²) in [5.74, 6) is 0.724. The highest BCUT2D eigenvalue weighted by molar-refractivity contribution is 5.87. The number of carboxylic acid groups (broad SMARTS) is 2. The summed E-state index contributed by atoms with van der Waals surface area (Å²) >= 11 is 0. The number of ether oxygens (including phenoxy) is 3. The van der Waals surface area contributed by atoms with E-state index in [1.165, 1.54) is 0 Å². The topological polar surface area (TPSA) is 106 Å². The summed E-state index contributed by atoms with van der Waals surface area (Å²) < 4.78 is 17.5. The first kappa shape index (κ1) is 35.7. The van der Waals surface area contributed by atoms with Crippen LogP contribution < -0.4 is 14.2 Å². The van der Waals surface area contributed by atoms with Gasteiger partial charge < -0.3 is 24.4 Å². The Morgan fingerprint density at radius 1 is 0.620 bits per heavy atom. The molecule has 0 atom stereocenters. The minimum atomic E-state index is -0.951. The normalized spacial score (nSPS) is 10.9. The smallest absolute Gasteiger partial charge is 0.335 e. The fraction of sp³-hybridized carbons (Fsp3) is 0.238. The number of aliphatic carboxylic acids is 1. The van der Waals surface area contributed by atoms with Gasteiger partial charge in [0.15, 0.2) is 0 Å². The minimum absolute atomic E-state index is 0.145. The molecule has 0 saturated carbocycles. The second-order valence-corrected chi connectivity index (χ2v) is 12.1. The van der Waals surface area contributed by atoms with Crippen molar-refractivity contribution >= 4 is 11.9 Å². The second-order valence-electron chi connectivity index (χ2n) is 12.1. The van der Waals surface area contributed by atoms with Gasteiger partial charge in [-0.2, -0.15) is 0 Å². The summed E-state index contributed by atoms with van der Waals surface area (Å²) in [6, 6.07) is 39.3. The van der Waals surface area contributed by atoms with Crippen LogP contribution in [0.15, 0.2) is 121 Å². The molecular formula is C42H43NO7. The Labute approximate surface area is 293 Å². The standard InChI is InChI=1S/C42H43NO7/c1-48-38-21-13-33(14-22-38)29-49-39-23-19-35(20-24-39)34-15-11-32(12-16-34)30-50-40-7-3-2-6-36(40)25-27-43(26-5-4-8-41(44)45)28-31-9-17-37(18-10-31)42(46)47/h2-3,6-7,9-24H,4-5,8,25-30H2,1H3,(H,44,45)(H,46,47). The predicted molar refractivity (Wildman–Crippen MR) is 194 cm³/mol. The summed E-state index contributed by atoms with van der Waals surface area (Å²) in [7, 11) is 1.65. The lowest BCUT2D eigenvalue weighted by atomic mass is 10.0. The zero-order valence-electron chi connectivity index (χ0n) is 28.3. The van der Waals surface area contributed by atoms with Gasteiger partial charge in [-0.05, 0) is 102 Å². The number of methoxy groups -OCH3 is 1. The van der Waals surface area contributed by atoms with Gasteiger partial charge in [-0.15, -0.1) is 0 Å². The van der Waals surface area contributed by atoms with Crippen LogP contribution in [0.4, 0.5) is 0 Å². The zero-order chi connectivity index (χ0) is 35.1. The fourth-order valence-electron chi connectivity index (χ4n) is 5.61. The number of nitrogens with zero attached hydrogens (tertiary/aromatic N) is 1. The van der Waals surface area contributed by atoms with E-state index in [0.29, 0.717) is 26.2 Å². The van der Waals surface area contributed by atoms with Gasteiger partial charge in [-0.3, -0.25) is 9.69 Å². The Morgan fingerprint density at radius 3 is 1.84 bits per heavy atom. The van der Waals surface area contributed by atoms with E-state index >= 15 is 0 Å². The van der Waals surface area contributed by atoms with E-state index in [9.17, 15) is 14.7 Å². The van der Waals surface area contributed by atoms with Gasteiger partial charge in [0.1, 0.15) is 30.5 Å². The van der Waals surface area contributed by atoms with Crippen molar-refractivity contribution < 1.29 is 34.0 Å². The SMILES string of the molecule is COc1ccc(COc2ccc(-c3ccc(COc4ccccc4CCN(CCCCC(=O)O)Cc4ccc(C(=O)O)cc4)cc3)cc2)cc1. The molecule has 0 aliphatic heterocycles. The van der Waals surface area contributed by atoms with E-state index in [-0.39, 0.29) is 12.0 Å². The first-order chi connectivity index (χ1) is 24.4. The third-order valence-corrected chi connectivity index (χ3v) is 8.49. The summed E-state index contributed by atoms with van der Waals surface area (Å²) in [6.07, 6.45) is 2.26. The molecule has 8 nitrogen and oxygen atoms in total. The molecule has 50 heavy (non-hydrogen) atoms. The fourth-order valence-corrected chi connectivity index (χ4v) is 5.61. The number of rotatable bonds is 19. The summed E-state index contributed by atoms with van der Waals surface area (Å²) in [6.45, 7) is 3.04. The third kappa shape index (κ3) is 11.0. The summed E-state index contributed by atoms with van der Waals surface area (Å²) in [5.41, 5.74) is 6.70. The number of carbonyl (C=O) groups is 2. The van der Waals surface area contributed by atoms with E-state index in [1.54, 1.807) is 19.2 Å². The first-order valence-corrected chi connectivity index (χ1v) is 16.8. The van der Waals surface area contributed by atoms with Crippen LogP contribution in [0.5, 0.6) is 17.2 Å². The highest BCUT2D eigenvalue weighted by Gasteiger charge is 2.12. The van der Waals surface area contributed by atoms with Crippen LogP contribution in [0.3, 0.4) is 0 Å². The molecule has 0 amide bonds. The first-order valence-electron chi connectivity index (χ1n) is 16.8. The van der Waals surface area contributed by atoms with Crippen LogP contribution in [-0.4, -0.2) is 47.3 Å². The van der Waals surface area contributed by atoms with Gasteiger partial charge in [0.25, 0.3) is 0 Å². The predicted octanol–water partition coefficient (Wildman–Crippen LogP) is 8.52. The molecule has 0 unspecified atom stereocenters. The maximum absolute atomic E-state index is 11.3. The van der Waals surface area contributed by atoms with Crippen LogP contribution in [0.2, 0.25) is 0 Å². The van der Waals surface area contributed by atoms with Crippen molar-refractivity contribution in [3.05, 3.63) is 149 Å². The van der Waals surface area contributed by atoms with E-state index in [0.717, 1.165) is 76.6 Å². The van der Waals surface area contributed by atoms with Gasteiger partial charge in [0, 0.05) is 19.5 Å². The van der Waals surface area contributed by atoms with Crippen LogP contribution in [0.25, 0.3) is 11.1 Å². The van der Waals surface area contributed by atoms with Crippen molar-refractivity contribution in [2.75, 3.05) is 20.2 Å². The van der Waals surface area contributed by atoms with Gasteiger partial charge in [0.05, 0.1) is 12.7 Å². The van der Waals surface area contributed by atoms with E-state index in [4.69, 9.17) is 19.3 Å². The lowest BCUT2D eigenvalue weighted by Gasteiger charge is -2.23. The van der Waals surface area contributed by atoms with E-state index in [1.807, 2.05) is 66.7 Å². The van der Waals surface area contributed by atoms with Crippen molar-refractivity contribution in [1.29, 1.82) is 0 Å². The second kappa shape index (κ2) is 18.2. The Hall–Kier alpha value is -5.60. The number of hydrogen-bond acceptors (Lipinski definition) is 6. The Morgan fingerprint density at radius 2 is 1.20 bits per heavy atom. The number of para-hydroxylation sites is 1. The summed E-state index contributed by atoms with van der Waals surface area (Å²) in [5, 5.41) is 18.3. The van der Waals surface area contributed by atoms with Gasteiger partial charge in [-0.1, -0.05) is 78.9 Å². The maximum atomic E-state index is 11.3. The lowest BCUT2D eigenvalue weighted by Crippen LogP contribution is -2.27. The molecule has 8 heteroatoms.